The van der Waals surface area contributed by atoms with Gasteiger partial charge in [0.25, 0.3) is 0 Å². The number of nitrogens with zero attached hydrogens (tertiary/aromatic N) is 1. The molecule has 1 aliphatic heterocycles. The van der Waals surface area contributed by atoms with Gasteiger partial charge in [0, 0.05) is 24.7 Å². The summed E-state index contributed by atoms with van der Waals surface area (Å²) in [5, 5.41) is 3.70. The third-order valence-corrected chi connectivity index (χ3v) is 5.30. The molecule has 2 unspecified atom stereocenters. The van der Waals surface area contributed by atoms with Gasteiger partial charge in [-0.3, -0.25) is 4.90 Å². The minimum Gasteiger partial charge on any atom is -0.314 e. The van der Waals surface area contributed by atoms with Gasteiger partial charge in [-0.1, -0.05) is 6.92 Å². The third kappa shape index (κ3) is 2.53. The average molecular weight is 236 g/mol. The van der Waals surface area contributed by atoms with Gasteiger partial charge in [0.2, 0.25) is 0 Å². The van der Waals surface area contributed by atoms with E-state index in [1.807, 2.05) is 0 Å². The normalized spacial score (nSPS) is 42.2. The van der Waals surface area contributed by atoms with Crippen LogP contribution in [-0.4, -0.2) is 36.1 Å². The third-order valence-electron chi connectivity index (χ3n) is 5.30. The molecule has 0 aromatic carbocycles. The largest absolute Gasteiger partial charge is 0.314 e. The van der Waals surface area contributed by atoms with E-state index in [1.165, 1.54) is 64.5 Å². The lowest BCUT2D eigenvalue weighted by Gasteiger charge is -2.39. The maximum atomic E-state index is 3.70. The molecule has 2 bridgehead atoms. The van der Waals surface area contributed by atoms with E-state index in [0.717, 1.165) is 24.0 Å². The van der Waals surface area contributed by atoms with Gasteiger partial charge in [-0.15, -0.1) is 0 Å². The molecule has 2 atom stereocenters. The van der Waals surface area contributed by atoms with Crippen LogP contribution >= 0.6 is 0 Å². The van der Waals surface area contributed by atoms with Crippen molar-refractivity contribution in [1.29, 1.82) is 0 Å². The molecule has 3 aliphatic rings. The SMILES string of the molecule is CCCNC1CCC(N2CC3CCC2C3)CC1. The standard InChI is InChI=1S/C15H28N2/c1-2-9-16-13-4-7-14(8-5-13)17-11-12-3-6-15(17)10-12/h12-16H,2-11H2,1H3. The first kappa shape index (κ1) is 12.0. The second kappa shape index (κ2) is 5.27. The van der Waals surface area contributed by atoms with Crippen molar-refractivity contribution in [3.8, 4) is 0 Å². The number of hydrogen-bond donors (Lipinski definition) is 1. The summed E-state index contributed by atoms with van der Waals surface area (Å²) in [6.45, 7) is 4.91. The molecule has 0 spiro atoms. The van der Waals surface area contributed by atoms with Crippen molar-refractivity contribution in [1.82, 2.24) is 10.2 Å². The minimum atomic E-state index is 0.825. The van der Waals surface area contributed by atoms with Crippen molar-refractivity contribution < 1.29 is 0 Å². The first-order valence-electron chi connectivity index (χ1n) is 7.86. The maximum Gasteiger partial charge on any atom is 0.0101 e. The highest BCUT2D eigenvalue weighted by Crippen LogP contribution is 2.40. The van der Waals surface area contributed by atoms with E-state index in [-0.39, 0.29) is 0 Å². The molecule has 0 aromatic rings. The molecule has 17 heavy (non-hydrogen) atoms. The lowest BCUT2D eigenvalue weighted by molar-refractivity contribution is 0.109. The zero-order valence-electron chi connectivity index (χ0n) is 11.3. The summed E-state index contributed by atoms with van der Waals surface area (Å²) in [6, 6.07) is 2.74. The van der Waals surface area contributed by atoms with Crippen molar-refractivity contribution >= 4 is 0 Å². The molecular formula is C15H28N2. The Bertz CT molecular complexity index is 245. The molecule has 2 heteroatoms. The van der Waals surface area contributed by atoms with Crippen molar-refractivity contribution in [2.24, 2.45) is 5.92 Å². The highest BCUT2D eigenvalue weighted by atomic mass is 15.2. The van der Waals surface area contributed by atoms with Gasteiger partial charge in [0.15, 0.2) is 0 Å². The molecule has 2 aliphatic carbocycles. The molecular weight excluding hydrogens is 208 g/mol. The van der Waals surface area contributed by atoms with Crippen LogP contribution in [-0.2, 0) is 0 Å². The van der Waals surface area contributed by atoms with E-state index < -0.39 is 0 Å². The quantitative estimate of drug-likeness (QED) is 0.807. The van der Waals surface area contributed by atoms with Crippen LogP contribution in [0.3, 0.4) is 0 Å². The van der Waals surface area contributed by atoms with Gasteiger partial charge in [-0.05, 0) is 63.8 Å². The predicted octanol–water partition coefficient (Wildman–Crippen LogP) is 2.78. The van der Waals surface area contributed by atoms with Gasteiger partial charge >= 0.3 is 0 Å². The summed E-state index contributed by atoms with van der Waals surface area (Å²) in [6.07, 6.45) is 11.5. The Morgan fingerprint density at radius 2 is 1.76 bits per heavy atom. The lowest BCUT2D eigenvalue weighted by atomic mass is 9.89. The molecule has 3 fully saturated rings. The second-order valence-corrected chi connectivity index (χ2v) is 6.49. The van der Waals surface area contributed by atoms with Gasteiger partial charge in [0.1, 0.15) is 0 Å². The van der Waals surface area contributed by atoms with Crippen LogP contribution in [0, 0.1) is 5.92 Å². The van der Waals surface area contributed by atoms with E-state index in [1.54, 1.807) is 0 Å². The fourth-order valence-electron chi connectivity index (χ4n) is 4.37. The fourth-order valence-corrected chi connectivity index (χ4v) is 4.37. The van der Waals surface area contributed by atoms with Crippen LogP contribution in [0.5, 0.6) is 0 Å². The molecule has 2 saturated carbocycles. The van der Waals surface area contributed by atoms with Crippen molar-refractivity contribution in [2.45, 2.75) is 76.4 Å². The zero-order chi connectivity index (χ0) is 11.7. The summed E-state index contributed by atoms with van der Waals surface area (Å²) in [5.41, 5.74) is 0. The maximum absolute atomic E-state index is 3.70. The molecule has 98 valence electrons. The van der Waals surface area contributed by atoms with Crippen LogP contribution in [0.4, 0.5) is 0 Å². The molecule has 0 aromatic heterocycles. The van der Waals surface area contributed by atoms with Gasteiger partial charge in [0.05, 0.1) is 0 Å². The summed E-state index contributed by atoms with van der Waals surface area (Å²) < 4.78 is 0. The van der Waals surface area contributed by atoms with Crippen molar-refractivity contribution in [3.63, 3.8) is 0 Å². The Balaban J connectivity index is 1.45. The van der Waals surface area contributed by atoms with Crippen molar-refractivity contribution in [2.75, 3.05) is 13.1 Å². The number of hydrogen-bond acceptors (Lipinski definition) is 2. The Hall–Kier alpha value is -0.0800. The molecule has 0 amide bonds. The molecule has 1 heterocycles. The summed E-state index contributed by atoms with van der Waals surface area (Å²) >= 11 is 0. The Morgan fingerprint density at radius 1 is 1.00 bits per heavy atom. The summed E-state index contributed by atoms with van der Waals surface area (Å²) in [5.74, 6) is 1.07. The van der Waals surface area contributed by atoms with E-state index in [0.29, 0.717) is 0 Å². The first-order chi connectivity index (χ1) is 8.36. The van der Waals surface area contributed by atoms with Crippen LogP contribution < -0.4 is 5.32 Å². The zero-order valence-corrected chi connectivity index (χ0v) is 11.3. The predicted molar refractivity (Wildman–Crippen MR) is 72.2 cm³/mol. The van der Waals surface area contributed by atoms with Gasteiger partial charge in [-0.2, -0.15) is 0 Å². The molecule has 1 saturated heterocycles. The molecule has 0 radical (unpaired) electrons. The number of rotatable bonds is 4. The number of nitrogens with one attached hydrogen (secondary N) is 1. The molecule has 3 rings (SSSR count). The molecule has 1 N–H and O–H groups in total. The summed E-state index contributed by atoms with van der Waals surface area (Å²) in [7, 11) is 0. The number of fused-ring (bicyclic) bond motifs is 2. The average Bonchev–Trinajstić information content (AvgIpc) is 2.99. The lowest BCUT2D eigenvalue weighted by Crippen LogP contribution is -2.45. The smallest absolute Gasteiger partial charge is 0.0101 e. The monoisotopic (exact) mass is 236 g/mol. The van der Waals surface area contributed by atoms with Crippen LogP contribution in [0.2, 0.25) is 0 Å². The highest BCUT2D eigenvalue weighted by molar-refractivity contribution is 4.96. The Labute approximate surface area is 106 Å². The number of likely N-dealkylation sites (tertiary alicyclic amines) is 1. The van der Waals surface area contributed by atoms with E-state index in [2.05, 4.69) is 17.1 Å². The van der Waals surface area contributed by atoms with Gasteiger partial charge in [-0.25, -0.2) is 0 Å². The minimum absolute atomic E-state index is 0.825. The highest BCUT2D eigenvalue weighted by Gasteiger charge is 2.41. The van der Waals surface area contributed by atoms with E-state index in [9.17, 15) is 0 Å². The molecule has 2 nitrogen and oxygen atoms in total. The van der Waals surface area contributed by atoms with Crippen LogP contribution in [0.15, 0.2) is 0 Å². The Kier molecular flexibility index (Phi) is 3.72. The van der Waals surface area contributed by atoms with Crippen molar-refractivity contribution in [3.05, 3.63) is 0 Å². The first-order valence-corrected chi connectivity index (χ1v) is 7.86. The number of piperidine rings is 1. The summed E-state index contributed by atoms with van der Waals surface area (Å²) in [4.78, 5) is 2.88. The van der Waals surface area contributed by atoms with Crippen LogP contribution in [0.1, 0.15) is 58.3 Å². The van der Waals surface area contributed by atoms with E-state index >= 15 is 0 Å². The Morgan fingerprint density at radius 3 is 2.35 bits per heavy atom. The topological polar surface area (TPSA) is 15.3 Å². The van der Waals surface area contributed by atoms with E-state index in [4.69, 9.17) is 0 Å². The fraction of sp³-hybridized carbons (Fsp3) is 1.00. The second-order valence-electron chi connectivity index (χ2n) is 6.49. The van der Waals surface area contributed by atoms with Crippen LogP contribution in [0.25, 0.3) is 0 Å². The van der Waals surface area contributed by atoms with Gasteiger partial charge < -0.3 is 5.32 Å².